The van der Waals surface area contributed by atoms with E-state index in [2.05, 4.69) is 4.98 Å². The number of para-hydroxylation sites is 1. The van der Waals surface area contributed by atoms with E-state index >= 15 is 0 Å². The number of hydrogen-bond donors (Lipinski definition) is 6. The molecule has 0 amide bonds. The molecule has 1 heterocycles. The fourth-order valence-electron chi connectivity index (χ4n) is 1.70. The summed E-state index contributed by atoms with van der Waals surface area (Å²) in [5.74, 6) is -2.15. The lowest BCUT2D eigenvalue weighted by atomic mass is 10.1. The molecular formula is C14H19N3O5. The number of nitrogens with one attached hydrogen (secondary N) is 1. The maximum absolute atomic E-state index is 10.6. The topological polar surface area (TPSA) is 163 Å². The van der Waals surface area contributed by atoms with E-state index in [1.54, 1.807) is 0 Å². The quantitative estimate of drug-likeness (QED) is 0.434. The van der Waals surface area contributed by atoms with Gasteiger partial charge in [0.15, 0.2) is 0 Å². The van der Waals surface area contributed by atoms with Gasteiger partial charge in [0.1, 0.15) is 12.1 Å². The summed E-state index contributed by atoms with van der Waals surface area (Å²) in [6.45, 7) is -0.505. The van der Waals surface area contributed by atoms with Gasteiger partial charge in [-0.15, -0.1) is 0 Å². The largest absolute Gasteiger partial charge is 0.480 e. The van der Waals surface area contributed by atoms with E-state index in [1.807, 2.05) is 30.5 Å². The van der Waals surface area contributed by atoms with Gasteiger partial charge in [-0.2, -0.15) is 0 Å². The van der Waals surface area contributed by atoms with Gasteiger partial charge in [-0.25, -0.2) is 0 Å². The number of carboxylic acid groups (broad SMARTS) is 2. The van der Waals surface area contributed by atoms with E-state index in [-0.39, 0.29) is 0 Å². The molecule has 0 aliphatic carbocycles. The minimum Gasteiger partial charge on any atom is -0.480 e. The van der Waals surface area contributed by atoms with Crippen molar-refractivity contribution in [1.82, 2.24) is 4.98 Å². The second kappa shape index (κ2) is 8.13. The summed E-state index contributed by atoms with van der Waals surface area (Å²) in [6.07, 6.45) is 2.16. The van der Waals surface area contributed by atoms with Crippen LogP contribution in [0.5, 0.6) is 0 Å². The first-order valence-electron chi connectivity index (χ1n) is 6.49. The zero-order valence-corrected chi connectivity index (χ0v) is 11.8. The fraction of sp³-hybridized carbons (Fsp3) is 0.286. The van der Waals surface area contributed by atoms with Gasteiger partial charge < -0.3 is 31.8 Å². The molecule has 2 atom stereocenters. The average Bonchev–Trinajstić information content (AvgIpc) is 2.90. The Morgan fingerprint density at radius 2 is 1.68 bits per heavy atom. The number of aliphatic carboxylic acids is 2. The summed E-state index contributed by atoms with van der Waals surface area (Å²) in [5.41, 5.74) is 12.2. The zero-order valence-electron chi connectivity index (χ0n) is 11.8. The van der Waals surface area contributed by atoms with E-state index < -0.39 is 30.6 Å². The third-order valence-corrected chi connectivity index (χ3v) is 2.95. The van der Waals surface area contributed by atoms with Gasteiger partial charge in [-0.1, -0.05) is 18.2 Å². The molecule has 0 spiro atoms. The Kier molecular flexibility index (Phi) is 6.51. The summed E-state index contributed by atoms with van der Waals surface area (Å²) >= 11 is 0. The smallest absolute Gasteiger partial charge is 0.322 e. The van der Waals surface area contributed by atoms with Crippen molar-refractivity contribution in [2.45, 2.75) is 18.5 Å². The Hall–Kier alpha value is -2.42. The highest BCUT2D eigenvalue weighted by molar-refractivity contribution is 5.84. The van der Waals surface area contributed by atoms with Crippen LogP contribution < -0.4 is 11.5 Å². The second-order valence-corrected chi connectivity index (χ2v) is 4.64. The molecule has 0 bridgehead atoms. The number of nitrogens with two attached hydrogens (primary N) is 2. The summed E-state index contributed by atoms with van der Waals surface area (Å²) in [7, 11) is 0. The number of aromatic nitrogens is 1. The van der Waals surface area contributed by atoms with Crippen molar-refractivity contribution in [3.8, 4) is 0 Å². The molecule has 22 heavy (non-hydrogen) atoms. The lowest BCUT2D eigenvalue weighted by Gasteiger charge is -2.04. The third-order valence-electron chi connectivity index (χ3n) is 2.95. The molecule has 0 saturated heterocycles. The molecular weight excluding hydrogens is 290 g/mol. The highest BCUT2D eigenvalue weighted by Crippen LogP contribution is 2.18. The molecule has 8 N–H and O–H groups in total. The summed E-state index contributed by atoms with van der Waals surface area (Å²) in [4.78, 5) is 23.4. The summed E-state index contributed by atoms with van der Waals surface area (Å²) < 4.78 is 0. The van der Waals surface area contributed by atoms with Crippen molar-refractivity contribution in [3.63, 3.8) is 0 Å². The number of hydrogen-bond acceptors (Lipinski definition) is 5. The molecule has 120 valence electrons. The van der Waals surface area contributed by atoms with Crippen LogP contribution in [0, 0.1) is 0 Å². The number of aromatic amines is 1. The fourth-order valence-corrected chi connectivity index (χ4v) is 1.70. The van der Waals surface area contributed by atoms with Crippen LogP contribution in [0.2, 0.25) is 0 Å². The molecule has 0 fully saturated rings. The van der Waals surface area contributed by atoms with Crippen LogP contribution in [0.25, 0.3) is 10.9 Å². The SMILES string of the molecule is N[C@@H](CO)C(=O)O.N[C@@H](Cc1c[nH]c2ccccc12)C(=O)O. The maximum Gasteiger partial charge on any atom is 0.322 e. The van der Waals surface area contributed by atoms with Crippen LogP contribution in [0.1, 0.15) is 5.56 Å². The molecule has 2 rings (SSSR count). The van der Waals surface area contributed by atoms with E-state index in [0.717, 1.165) is 16.5 Å². The number of carboxylic acids is 2. The molecule has 0 aliphatic rings. The van der Waals surface area contributed by atoms with Crippen LogP contribution in [0.15, 0.2) is 30.5 Å². The standard InChI is InChI=1S/C11H12N2O2.C3H7NO3/c12-9(11(14)15)5-7-6-13-10-4-2-1-3-8(7)10;4-2(1-5)3(6)7/h1-4,6,9,13H,5,12H2,(H,14,15);2,5H,1,4H2,(H,6,7)/t9-;2-/m00/s1. The molecule has 0 unspecified atom stereocenters. The first-order chi connectivity index (χ1) is 10.4. The van der Waals surface area contributed by atoms with Gasteiger partial charge in [0.05, 0.1) is 6.61 Å². The first kappa shape index (κ1) is 17.6. The van der Waals surface area contributed by atoms with E-state index in [0.29, 0.717) is 6.42 Å². The Morgan fingerprint density at radius 3 is 2.18 bits per heavy atom. The number of fused-ring (bicyclic) bond motifs is 1. The molecule has 8 heteroatoms. The molecule has 0 radical (unpaired) electrons. The van der Waals surface area contributed by atoms with Crippen molar-refractivity contribution in [3.05, 3.63) is 36.0 Å². The predicted molar refractivity (Wildman–Crippen MR) is 80.3 cm³/mol. The van der Waals surface area contributed by atoms with Crippen LogP contribution in [-0.4, -0.2) is 50.9 Å². The summed E-state index contributed by atoms with van der Waals surface area (Å²) in [5, 5.41) is 25.7. The minimum atomic E-state index is -1.18. The maximum atomic E-state index is 10.6. The number of aliphatic hydroxyl groups excluding tert-OH is 1. The minimum absolute atomic E-state index is 0.347. The second-order valence-electron chi connectivity index (χ2n) is 4.64. The average molecular weight is 309 g/mol. The Balaban J connectivity index is 0.000000295. The highest BCUT2D eigenvalue weighted by atomic mass is 16.4. The number of rotatable bonds is 5. The third kappa shape index (κ3) is 4.85. The zero-order chi connectivity index (χ0) is 16.7. The number of aliphatic hydroxyl groups is 1. The lowest BCUT2D eigenvalue weighted by Crippen LogP contribution is -2.33. The van der Waals surface area contributed by atoms with Gasteiger partial charge in [0.2, 0.25) is 0 Å². The number of H-pyrrole nitrogens is 1. The number of carbonyl (C=O) groups is 2. The Morgan fingerprint density at radius 1 is 1.09 bits per heavy atom. The number of benzene rings is 1. The Bertz CT molecular complexity index is 640. The van der Waals surface area contributed by atoms with Gasteiger partial charge in [0.25, 0.3) is 0 Å². The van der Waals surface area contributed by atoms with Gasteiger partial charge in [-0.05, 0) is 11.6 Å². The monoisotopic (exact) mass is 309 g/mol. The van der Waals surface area contributed by atoms with Crippen molar-refractivity contribution < 1.29 is 24.9 Å². The molecule has 2 aromatic rings. The highest BCUT2D eigenvalue weighted by Gasteiger charge is 2.14. The normalized spacial score (nSPS) is 13.0. The first-order valence-corrected chi connectivity index (χ1v) is 6.49. The molecule has 8 nitrogen and oxygen atoms in total. The van der Waals surface area contributed by atoms with E-state index in [1.165, 1.54) is 0 Å². The van der Waals surface area contributed by atoms with E-state index in [4.69, 9.17) is 26.8 Å². The molecule has 0 saturated carbocycles. The van der Waals surface area contributed by atoms with Crippen molar-refractivity contribution >= 4 is 22.8 Å². The van der Waals surface area contributed by atoms with Crippen molar-refractivity contribution in [2.75, 3.05) is 6.61 Å². The molecule has 1 aromatic carbocycles. The Labute approximate surface area is 126 Å². The van der Waals surface area contributed by atoms with Gasteiger partial charge in [-0.3, -0.25) is 9.59 Å². The van der Waals surface area contributed by atoms with Crippen molar-refractivity contribution in [2.24, 2.45) is 11.5 Å². The molecule has 0 aliphatic heterocycles. The summed E-state index contributed by atoms with van der Waals surface area (Å²) in [6, 6.07) is 5.79. The van der Waals surface area contributed by atoms with Gasteiger partial charge in [0, 0.05) is 23.5 Å². The van der Waals surface area contributed by atoms with Crippen LogP contribution >= 0.6 is 0 Å². The van der Waals surface area contributed by atoms with Crippen LogP contribution in [-0.2, 0) is 16.0 Å². The van der Waals surface area contributed by atoms with Gasteiger partial charge >= 0.3 is 11.9 Å². The van der Waals surface area contributed by atoms with Crippen LogP contribution in [0.4, 0.5) is 0 Å². The predicted octanol–water partition coefficient (Wildman–Crippen LogP) is -0.487. The lowest BCUT2D eigenvalue weighted by molar-refractivity contribution is -0.140. The van der Waals surface area contributed by atoms with Crippen molar-refractivity contribution in [1.29, 1.82) is 0 Å². The molecule has 1 aromatic heterocycles. The van der Waals surface area contributed by atoms with Crippen LogP contribution in [0.3, 0.4) is 0 Å². The van der Waals surface area contributed by atoms with E-state index in [9.17, 15) is 9.59 Å².